The zero-order valence-electron chi connectivity index (χ0n) is 15.7. The Hall–Kier alpha value is -2.33. The number of fused-ring (bicyclic) bond motifs is 1. The van der Waals surface area contributed by atoms with Crippen molar-refractivity contribution >= 4 is 28.6 Å². The maximum atomic E-state index is 12.8. The zero-order chi connectivity index (χ0) is 19.4. The Morgan fingerprint density at radius 1 is 1.44 bits per heavy atom. The van der Waals surface area contributed by atoms with Crippen molar-refractivity contribution in [2.45, 2.75) is 56.8 Å². The Bertz CT molecular complexity index is 945. The highest BCUT2D eigenvalue weighted by Crippen LogP contribution is 2.39. The first-order valence-corrected chi connectivity index (χ1v) is 10.3. The number of nitrogens with zero attached hydrogens (tertiary/aromatic N) is 3. The Labute approximate surface area is 163 Å². The van der Waals surface area contributed by atoms with Crippen molar-refractivity contribution in [1.82, 2.24) is 14.9 Å². The van der Waals surface area contributed by atoms with Crippen LogP contribution in [0.3, 0.4) is 0 Å². The van der Waals surface area contributed by atoms with Crippen molar-refractivity contribution in [2.75, 3.05) is 5.75 Å². The number of para-hydroxylation sites is 1. The number of unbranched alkanes of at least 4 members (excludes halogenated alkanes) is 1. The lowest BCUT2D eigenvalue weighted by molar-refractivity contribution is -0.119. The summed E-state index contributed by atoms with van der Waals surface area (Å²) in [5.74, 6) is 0.152. The molecular weight excluding hydrogens is 360 g/mol. The van der Waals surface area contributed by atoms with Crippen LogP contribution in [-0.2, 0) is 11.3 Å². The molecule has 2 aromatic rings. The van der Waals surface area contributed by atoms with E-state index in [4.69, 9.17) is 0 Å². The van der Waals surface area contributed by atoms with Crippen molar-refractivity contribution in [3.05, 3.63) is 34.6 Å². The summed E-state index contributed by atoms with van der Waals surface area (Å²) in [6, 6.07) is 9.50. The van der Waals surface area contributed by atoms with E-state index < -0.39 is 5.54 Å². The molecule has 6 nitrogen and oxygen atoms in total. The van der Waals surface area contributed by atoms with Gasteiger partial charge in [0, 0.05) is 6.54 Å². The largest absolute Gasteiger partial charge is 0.337 e. The van der Waals surface area contributed by atoms with Crippen LogP contribution in [0, 0.1) is 17.2 Å². The van der Waals surface area contributed by atoms with Crippen LogP contribution in [0.25, 0.3) is 10.9 Å². The number of hydrogen-bond acceptors (Lipinski definition) is 5. The van der Waals surface area contributed by atoms with Crippen LogP contribution >= 0.6 is 11.8 Å². The molecular formula is C20H24N4O2S. The molecule has 1 aliphatic rings. The van der Waals surface area contributed by atoms with E-state index in [0.29, 0.717) is 22.6 Å². The molecule has 0 radical (unpaired) electrons. The molecule has 1 aromatic heterocycles. The fourth-order valence-electron chi connectivity index (χ4n) is 3.11. The number of nitrogens with one attached hydrogen (secondary N) is 1. The fourth-order valence-corrected chi connectivity index (χ4v) is 3.93. The summed E-state index contributed by atoms with van der Waals surface area (Å²) in [5.41, 5.74) is -0.245. The number of carbonyl (C=O) groups is 1. The molecule has 0 spiro atoms. The van der Waals surface area contributed by atoms with E-state index in [1.54, 1.807) is 17.6 Å². The molecule has 27 heavy (non-hydrogen) atoms. The summed E-state index contributed by atoms with van der Waals surface area (Å²) >= 11 is 1.25. The Kier molecular flexibility index (Phi) is 5.85. The standard InChI is InChI=1S/C20H24N4O2S/c1-3-4-11-24-18(26)15-7-5-6-8-16(15)22-19(24)27-12-17(25)23-20(2,13-21)14-9-10-14/h5-8,14H,3-4,9-12H2,1-2H3,(H,23,25)/t20-/m1/s1. The van der Waals surface area contributed by atoms with E-state index in [9.17, 15) is 14.9 Å². The molecule has 1 heterocycles. The molecule has 1 N–H and O–H groups in total. The van der Waals surface area contributed by atoms with Crippen molar-refractivity contribution in [1.29, 1.82) is 5.26 Å². The SMILES string of the molecule is CCCCn1c(SCC(=O)N[C@](C)(C#N)C2CC2)nc2ccccc2c1=O. The van der Waals surface area contributed by atoms with Crippen LogP contribution in [0.5, 0.6) is 0 Å². The third kappa shape index (κ3) is 4.33. The normalized spacial score (nSPS) is 15.9. The second-order valence-corrected chi connectivity index (χ2v) is 8.09. The van der Waals surface area contributed by atoms with Gasteiger partial charge in [-0.05, 0) is 44.2 Å². The van der Waals surface area contributed by atoms with Gasteiger partial charge in [0.2, 0.25) is 5.91 Å². The summed E-state index contributed by atoms with van der Waals surface area (Å²) in [6.45, 7) is 4.42. The van der Waals surface area contributed by atoms with Gasteiger partial charge in [-0.1, -0.05) is 37.2 Å². The van der Waals surface area contributed by atoms with E-state index in [1.807, 2.05) is 18.2 Å². The van der Waals surface area contributed by atoms with Gasteiger partial charge in [0.05, 0.1) is 22.7 Å². The van der Waals surface area contributed by atoms with Crippen LogP contribution in [0.1, 0.15) is 39.5 Å². The minimum Gasteiger partial charge on any atom is -0.337 e. The Morgan fingerprint density at radius 3 is 2.85 bits per heavy atom. The number of amides is 1. The first kappa shape index (κ1) is 19.4. The quantitative estimate of drug-likeness (QED) is 0.558. The molecule has 142 valence electrons. The van der Waals surface area contributed by atoms with Crippen LogP contribution in [0.15, 0.2) is 34.2 Å². The van der Waals surface area contributed by atoms with E-state index >= 15 is 0 Å². The molecule has 3 rings (SSSR count). The minimum absolute atomic E-state index is 0.0724. The van der Waals surface area contributed by atoms with Gasteiger partial charge in [-0.2, -0.15) is 5.26 Å². The molecule has 1 saturated carbocycles. The monoisotopic (exact) mass is 384 g/mol. The average Bonchev–Trinajstić information content (AvgIpc) is 3.51. The number of aromatic nitrogens is 2. The average molecular weight is 385 g/mol. The lowest BCUT2D eigenvalue weighted by Crippen LogP contribution is -2.47. The molecule has 0 unspecified atom stereocenters. The summed E-state index contributed by atoms with van der Waals surface area (Å²) in [5, 5.41) is 13.4. The number of hydrogen-bond donors (Lipinski definition) is 1. The van der Waals surface area contributed by atoms with Gasteiger partial charge in [-0.3, -0.25) is 14.2 Å². The summed E-state index contributed by atoms with van der Waals surface area (Å²) in [6.07, 6.45) is 3.78. The molecule has 1 fully saturated rings. The summed E-state index contributed by atoms with van der Waals surface area (Å²) in [7, 11) is 0. The number of thioether (sulfide) groups is 1. The minimum atomic E-state index is -0.809. The number of benzene rings is 1. The molecule has 0 bridgehead atoms. The van der Waals surface area contributed by atoms with Crippen LogP contribution < -0.4 is 10.9 Å². The van der Waals surface area contributed by atoms with Crippen molar-refractivity contribution in [3.63, 3.8) is 0 Å². The predicted molar refractivity (Wildman–Crippen MR) is 107 cm³/mol. The van der Waals surface area contributed by atoms with Gasteiger partial charge in [-0.25, -0.2) is 4.98 Å². The first-order valence-electron chi connectivity index (χ1n) is 9.33. The van der Waals surface area contributed by atoms with Crippen LogP contribution in [0.4, 0.5) is 0 Å². The molecule has 0 saturated heterocycles. The van der Waals surface area contributed by atoms with Crippen molar-refractivity contribution in [3.8, 4) is 6.07 Å². The summed E-state index contributed by atoms with van der Waals surface area (Å²) < 4.78 is 1.66. The maximum absolute atomic E-state index is 12.8. The molecule has 1 aliphatic carbocycles. The number of carbonyl (C=O) groups excluding carboxylic acids is 1. The van der Waals surface area contributed by atoms with E-state index in [-0.39, 0.29) is 23.1 Å². The highest BCUT2D eigenvalue weighted by Gasteiger charge is 2.42. The van der Waals surface area contributed by atoms with Crippen LogP contribution in [0.2, 0.25) is 0 Å². The summed E-state index contributed by atoms with van der Waals surface area (Å²) in [4.78, 5) is 29.8. The molecule has 1 atom stereocenters. The van der Waals surface area contributed by atoms with Crippen molar-refractivity contribution < 1.29 is 4.79 Å². The second-order valence-electron chi connectivity index (χ2n) is 7.15. The Morgan fingerprint density at radius 2 is 2.19 bits per heavy atom. The molecule has 1 amide bonds. The third-order valence-electron chi connectivity index (χ3n) is 4.92. The zero-order valence-corrected chi connectivity index (χ0v) is 16.5. The number of nitriles is 1. The van der Waals surface area contributed by atoms with Crippen LogP contribution in [-0.4, -0.2) is 26.8 Å². The molecule has 1 aromatic carbocycles. The van der Waals surface area contributed by atoms with Gasteiger partial charge >= 0.3 is 0 Å². The lowest BCUT2D eigenvalue weighted by Gasteiger charge is -2.22. The fraction of sp³-hybridized carbons (Fsp3) is 0.500. The third-order valence-corrected chi connectivity index (χ3v) is 5.90. The first-order chi connectivity index (χ1) is 13.0. The van der Waals surface area contributed by atoms with E-state index in [1.165, 1.54) is 11.8 Å². The molecule has 0 aliphatic heterocycles. The highest BCUT2D eigenvalue weighted by molar-refractivity contribution is 7.99. The predicted octanol–water partition coefficient (Wildman–Crippen LogP) is 3.10. The van der Waals surface area contributed by atoms with E-state index in [2.05, 4.69) is 23.3 Å². The maximum Gasteiger partial charge on any atom is 0.262 e. The van der Waals surface area contributed by atoms with Gasteiger partial charge < -0.3 is 5.32 Å². The second kappa shape index (κ2) is 8.13. The van der Waals surface area contributed by atoms with Gasteiger partial charge in [-0.15, -0.1) is 0 Å². The lowest BCUT2D eigenvalue weighted by atomic mass is 9.98. The Balaban J connectivity index is 1.80. The van der Waals surface area contributed by atoms with Gasteiger partial charge in [0.1, 0.15) is 5.54 Å². The highest BCUT2D eigenvalue weighted by atomic mass is 32.2. The number of rotatable bonds is 8. The van der Waals surface area contributed by atoms with Crippen molar-refractivity contribution in [2.24, 2.45) is 5.92 Å². The smallest absolute Gasteiger partial charge is 0.262 e. The van der Waals surface area contributed by atoms with E-state index in [0.717, 1.165) is 25.7 Å². The molecule has 7 heteroatoms. The van der Waals surface area contributed by atoms with Gasteiger partial charge in [0.15, 0.2) is 5.16 Å². The van der Waals surface area contributed by atoms with Gasteiger partial charge in [0.25, 0.3) is 5.56 Å². The topological polar surface area (TPSA) is 87.8 Å².